The maximum Gasteiger partial charge on any atom is 0.127 e. The molecule has 0 spiro atoms. The number of halogens is 1. The van der Waals surface area contributed by atoms with E-state index in [1.807, 2.05) is 26.0 Å². The Morgan fingerprint density at radius 2 is 2.00 bits per heavy atom. The second-order valence-corrected chi connectivity index (χ2v) is 5.17. The second kappa shape index (κ2) is 6.59. The van der Waals surface area contributed by atoms with Crippen molar-refractivity contribution in [1.82, 2.24) is 5.32 Å². The fourth-order valence-electron chi connectivity index (χ4n) is 2.31. The van der Waals surface area contributed by atoms with Crippen LogP contribution in [0.5, 0.6) is 11.5 Å². The molecular weight excluding hydrogens is 269 g/mol. The number of aryl methyl sites for hydroxylation is 1. The van der Waals surface area contributed by atoms with E-state index in [1.165, 1.54) is 6.07 Å². The Morgan fingerprint density at radius 1 is 1.24 bits per heavy atom. The van der Waals surface area contributed by atoms with E-state index in [9.17, 15) is 9.50 Å². The molecule has 0 aromatic heterocycles. The highest BCUT2D eigenvalue weighted by molar-refractivity contribution is 5.39. The van der Waals surface area contributed by atoms with E-state index in [-0.39, 0.29) is 11.8 Å². The van der Waals surface area contributed by atoms with E-state index in [4.69, 9.17) is 4.74 Å². The lowest BCUT2D eigenvalue weighted by atomic mass is 10.0. The molecule has 21 heavy (non-hydrogen) atoms. The molecule has 4 heteroatoms. The molecule has 0 aliphatic heterocycles. The zero-order valence-corrected chi connectivity index (χ0v) is 12.5. The van der Waals surface area contributed by atoms with Crippen molar-refractivity contribution in [2.45, 2.75) is 26.4 Å². The van der Waals surface area contributed by atoms with Crippen LogP contribution in [0.4, 0.5) is 4.39 Å². The molecule has 0 heterocycles. The van der Waals surface area contributed by atoms with Gasteiger partial charge in [0, 0.05) is 24.2 Å². The maximum absolute atomic E-state index is 13.2. The number of methoxy groups -OCH3 is 1. The number of hydrogen-bond donors (Lipinski definition) is 2. The summed E-state index contributed by atoms with van der Waals surface area (Å²) in [6, 6.07) is 10.1. The molecule has 3 nitrogen and oxygen atoms in total. The summed E-state index contributed by atoms with van der Waals surface area (Å²) in [6.45, 7) is 4.51. The van der Waals surface area contributed by atoms with Gasteiger partial charge in [0.15, 0.2) is 0 Å². The van der Waals surface area contributed by atoms with Crippen molar-refractivity contribution in [3.8, 4) is 11.5 Å². The normalized spacial score (nSPS) is 12.2. The minimum absolute atomic E-state index is 0.0465. The number of phenolic OH excluding ortho intramolecular Hbond substituents is 1. The number of ether oxygens (including phenoxy) is 1. The molecule has 1 atom stereocenters. The van der Waals surface area contributed by atoms with Crippen LogP contribution in [0.25, 0.3) is 0 Å². The molecule has 0 aliphatic carbocycles. The van der Waals surface area contributed by atoms with Gasteiger partial charge >= 0.3 is 0 Å². The van der Waals surface area contributed by atoms with Gasteiger partial charge in [-0.1, -0.05) is 17.7 Å². The average molecular weight is 289 g/mol. The lowest BCUT2D eigenvalue weighted by Crippen LogP contribution is -2.19. The van der Waals surface area contributed by atoms with Gasteiger partial charge in [0.2, 0.25) is 0 Å². The lowest BCUT2D eigenvalue weighted by Gasteiger charge is -2.18. The van der Waals surface area contributed by atoms with Gasteiger partial charge in [-0.2, -0.15) is 0 Å². The van der Waals surface area contributed by atoms with Gasteiger partial charge < -0.3 is 15.2 Å². The molecule has 2 aromatic carbocycles. The Labute approximate surface area is 124 Å². The Morgan fingerprint density at radius 3 is 2.67 bits per heavy atom. The van der Waals surface area contributed by atoms with Crippen LogP contribution in [0.2, 0.25) is 0 Å². The minimum Gasteiger partial charge on any atom is -0.508 e. The van der Waals surface area contributed by atoms with Crippen LogP contribution in [0.15, 0.2) is 36.4 Å². The highest BCUT2D eigenvalue weighted by Crippen LogP contribution is 2.26. The third kappa shape index (κ3) is 3.95. The van der Waals surface area contributed by atoms with Gasteiger partial charge in [0.25, 0.3) is 0 Å². The molecule has 0 bridgehead atoms. The van der Waals surface area contributed by atoms with Crippen LogP contribution in [0.1, 0.15) is 29.7 Å². The average Bonchev–Trinajstić information content (AvgIpc) is 2.43. The third-order valence-corrected chi connectivity index (χ3v) is 3.41. The Kier molecular flexibility index (Phi) is 4.81. The van der Waals surface area contributed by atoms with Crippen molar-refractivity contribution >= 4 is 0 Å². The molecule has 2 N–H and O–H groups in total. The fourth-order valence-corrected chi connectivity index (χ4v) is 2.31. The topological polar surface area (TPSA) is 41.5 Å². The molecule has 1 unspecified atom stereocenters. The number of phenols is 1. The van der Waals surface area contributed by atoms with Crippen LogP contribution in [0.3, 0.4) is 0 Å². The van der Waals surface area contributed by atoms with E-state index in [0.29, 0.717) is 12.1 Å². The smallest absolute Gasteiger partial charge is 0.127 e. The number of hydrogen-bond acceptors (Lipinski definition) is 3. The van der Waals surface area contributed by atoms with Crippen LogP contribution in [0, 0.1) is 12.7 Å². The summed E-state index contributed by atoms with van der Waals surface area (Å²) in [5.74, 6) is 0.322. The van der Waals surface area contributed by atoms with E-state index >= 15 is 0 Å². The van der Waals surface area contributed by atoms with E-state index < -0.39 is 5.82 Å². The second-order valence-electron chi connectivity index (χ2n) is 5.17. The molecule has 2 aromatic rings. The Hall–Kier alpha value is -2.07. The first-order valence-corrected chi connectivity index (χ1v) is 6.86. The van der Waals surface area contributed by atoms with Gasteiger partial charge in [-0.25, -0.2) is 4.39 Å². The first kappa shape index (κ1) is 15.3. The van der Waals surface area contributed by atoms with Gasteiger partial charge in [-0.3, -0.25) is 0 Å². The van der Waals surface area contributed by atoms with E-state index in [1.54, 1.807) is 13.2 Å². The SMILES string of the molecule is COc1ccc(C)cc1C(C)NCc1cc(O)cc(F)c1. The molecule has 0 saturated carbocycles. The standard InChI is InChI=1S/C17H20FNO2/c1-11-4-5-17(21-3)16(6-11)12(2)19-10-13-7-14(18)9-15(20)8-13/h4-9,12,19-20H,10H2,1-3H3. The monoisotopic (exact) mass is 289 g/mol. The molecule has 2 rings (SSSR count). The van der Waals surface area contributed by atoms with Crippen LogP contribution < -0.4 is 10.1 Å². The van der Waals surface area contributed by atoms with Crippen molar-refractivity contribution in [1.29, 1.82) is 0 Å². The lowest BCUT2D eigenvalue weighted by molar-refractivity contribution is 0.401. The van der Waals surface area contributed by atoms with Crippen LogP contribution in [-0.2, 0) is 6.54 Å². The predicted octanol–water partition coefficient (Wildman–Crippen LogP) is 3.70. The van der Waals surface area contributed by atoms with E-state index in [2.05, 4.69) is 11.4 Å². The number of benzene rings is 2. The summed E-state index contributed by atoms with van der Waals surface area (Å²) in [4.78, 5) is 0. The van der Waals surface area contributed by atoms with Gasteiger partial charge in [0.1, 0.15) is 17.3 Å². The molecule has 0 saturated heterocycles. The van der Waals surface area contributed by atoms with Gasteiger partial charge in [-0.05, 0) is 37.6 Å². The summed E-state index contributed by atoms with van der Waals surface area (Å²) in [5, 5.41) is 12.7. The number of aromatic hydroxyl groups is 1. The molecule has 0 aliphatic rings. The van der Waals surface area contributed by atoms with Crippen molar-refractivity contribution in [3.05, 3.63) is 58.9 Å². The predicted molar refractivity (Wildman–Crippen MR) is 81.1 cm³/mol. The zero-order valence-electron chi connectivity index (χ0n) is 12.5. The molecular formula is C17H20FNO2. The number of nitrogens with one attached hydrogen (secondary N) is 1. The zero-order chi connectivity index (χ0) is 15.4. The molecule has 0 amide bonds. The molecule has 112 valence electrons. The van der Waals surface area contributed by atoms with Crippen LogP contribution >= 0.6 is 0 Å². The van der Waals surface area contributed by atoms with E-state index in [0.717, 1.165) is 22.9 Å². The van der Waals surface area contributed by atoms with Crippen molar-refractivity contribution in [3.63, 3.8) is 0 Å². The first-order valence-electron chi connectivity index (χ1n) is 6.86. The highest BCUT2D eigenvalue weighted by atomic mass is 19.1. The summed E-state index contributed by atoms with van der Waals surface area (Å²) in [6.07, 6.45) is 0. The highest BCUT2D eigenvalue weighted by Gasteiger charge is 2.11. The summed E-state index contributed by atoms with van der Waals surface area (Å²) in [7, 11) is 1.64. The van der Waals surface area contributed by atoms with Crippen molar-refractivity contribution < 1.29 is 14.2 Å². The Bertz CT molecular complexity index is 608. The van der Waals surface area contributed by atoms with Crippen molar-refractivity contribution in [2.75, 3.05) is 7.11 Å². The quantitative estimate of drug-likeness (QED) is 0.882. The fraction of sp³-hybridized carbons (Fsp3) is 0.294. The molecule has 0 fully saturated rings. The maximum atomic E-state index is 13.2. The summed E-state index contributed by atoms with van der Waals surface area (Å²) >= 11 is 0. The summed E-state index contributed by atoms with van der Waals surface area (Å²) < 4.78 is 18.6. The Balaban J connectivity index is 2.11. The minimum atomic E-state index is -0.437. The van der Waals surface area contributed by atoms with Crippen molar-refractivity contribution in [2.24, 2.45) is 0 Å². The first-order chi connectivity index (χ1) is 9.99. The summed E-state index contributed by atoms with van der Waals surface area (Å²) in [5.41, 5.74) is 2.91. The number of rotatable bonds is 5. The van der Waals surface area contributed by atoms with Crippen LogP contribution in [-0.4, -0.2) is 12.2 Å². The van der Waals surface area contributed by atoms with Gasteiger partial charge in [0.05, 0.1) is 7.11 Å². The van der Waals surface area contributed by atoms with Gasteiger partial charge in [-0.15, -0.1) is 0 Å². The third-order valence-electron chi connectivity index (χ3n) is 3.41. The molecule has 0 radical (unpaired) electrons. The largest absolute Gasteiger partial charge is 0.508 e.